The summed E-state index contributed by atoms with van der Waals surface area (Å²) >= 11 is 0. The van der Waals surface area contributed by atoms with Crippen molar-refractivity contribution in [3.63, 3.8) is 0 Å². The molecule has 1 N–H and O–H groups in total. The molecule has 0 spiro atoms. The molecule has 0 radical (unpaired) electrons. The number of hydrogen-bond donors (Lipinski definition) is 1. The van der Waals surface area contributed by atoms with Crippen molar-refractivity contribution in [2.24, 2.45) is 11.8 Å². The Kier molecular flexibility index (Phi) is 17.4. The average molecular weight is 414 g/mol. The van der Waals surface area contributed by atoms with E-state index in [9.17, 15) is 0 Å². The molecule has 0 saturated heterocycles. The maximum absolute atomic E-state index is 3.86. The molecule has 0 aliphatic rings. The van der Waals surface area contributed by atoms with Crippen LogP contribution in [-0.4, -0.2) is 112 Å². The van der Waals surface area contributed by atoms with Crippen LogP contribution < -0.4 is 5.32 Å². The maximum Gasteiger partial charge on any atom is 0.0207 e. The Hall–Kier alpha value is -0.200. The highest BCUT2D eigenvalue weighted by molar-refractivity contribution is 4.74. The lowest BCUT2D eigenvalue weighted by Crippen LogP contribution is -2.45. The average Bonchev–Trinajstić information content (AvgIpc) is 2.62. The van der Waals surface area contributed by atoms with E-state index in [0.717, 1.165) is 31.5 Å². The van der Waals surface area contributed by atoms with E-state index >= 15 is 0 Å². The van der Waals surface area contributed by atoms with E-state index in [0.29, 0.717) is 6.04 Å². The second-order valence-corrected chi connectivity index (χ2v) is 9.89. The van der Waals surface area contributed by atoms with Crippen molar-refractivity contribution in [3.8, 4) is 0 Å². The van der Waals surface area contributed by atoms with Gasteiger partial charge in [-0.2, -0.15) is 0 Å². The smallest absolute Gasteiger partial charge is 0.0207 e. The molecule has 0 rings (SSSR count). The van der Waals surface area contributed by atoms with Crippen molar-refractivity contribution in [1.82, 2.24) is 24.9 Å². The molecule has 0 aromatic heterocycles. The summed E-state index contributed by atoms with van der Waals surface area (Å²) in [7, 11) is 6.80. The molecule has 0 aliphatic heterocycles. The topological polar surface area (TPSA) is 25.0 Å². The lowest BCUT2D eigenvalue weighted by atomic mass is 10.1. The van der Waals surface area contributed by atoms with Crippen LogP contribution in [0.2, 0.25) is 0 Å². The van der Waals surface area contributed by atoms with Gasteiger partial charge in [0.1, 0.15) is 0 Å². The van der Waals surface area contributed by atoms with Gasteiger partial charge in [-0.1, -0.05) is 41.5 Å². The number of nitrogens with zero attached hydrogens (tertiary/aromatic N) is 4. The zero-order chi connectivity index (χ0) is 22.2. The van der Waals surface area contributed by atoms with Gasteiger partial charge in [-0.3, -0.25) is 0 Å². The fraction of sp³-hybridized carbons (Fsp3) is 1.00. The third-order valence-electron chi connectivity index (χ3n) is 5.58. The molecular formula is C24H55N5. The number of likely N-dealkylation sites (N-methyl/N-ethyl adjacent to an activating group) is 2. The molecule has 0 fully saturated rings. The molecule has 5 heteroatoms. The minimum absolute atomic E-state index is 0.567. The third-order valence-corrected chi connectivity index (χ3v) is 5.58. The second kappa shape index (κ2) is 17.5. The molecule has 176 valence electrons. The van der Waals surface area contributed by atoms with Crippen molar-refractivity contribution in [3.05, 3.63) is 0 Å². The summed E-state index contributed by atoms with van der Waals surface area (Å²) in [5, 5.41) is 3.86. The molecule has 5 nitrogen and oxygen atoms in total. The maximum atomic E-state index is 3.86. The van der Waals surface area contributed by atoms with Crippen molar-refractivity contribution < 1.29 is 0 Å². The Morgan fingerprint density at radius 3 is 1.79 bits per heavy atom. The van der Waals surface area contributed by atoms with Gasteiger partial charge in [-0.25, -0.2) is 0 Å². The molecule has 29 heavy (non-hydrogen) atoms. The van der Waals surface area contributed by atoms with Gasteiger partial charge >= 0.3 is 0 Å². The molecule has 0 aromatic carbocycles. The van der Waals surface area contributed by atoms with Gasteiger partial charge in [0, 0.05) is 38.8 Å². The largest absolute Gasteiger partial charge is 0.311 e. The van der Waals surface area contributed by atoms with Gasteiger partial charge in [0.15, 0.2) is 0 Å². The van der Waals surface area contributed by atoms with Crippen molar-refractivity contribution in [2.75, 3.05) is 86.6 Å². The Bertz CT molecular complexity index is 357. The first-order valence-corrected chi connectivity index (χ1v) is 12.2. The molecule has 0 saturated carbocycles. The van der Waals surface area contributed by atoms with Crippen LogP contribution in [0.5, 0.6) is 0 Å². The fourth-order valence-electron chi connectivity index (χ4n) is 4.10. The predicted molar refractivity (Wildman–Crippen MR) is 131 cm³/mol. The van der Waals surface area contributed by atoms with Crippen LogP contribution in [0.1, 0.15) is 54.4 Å². The van der Waals surface area contributed by atoms with Gasteiger partial charge in [-0.15, -0.1) is 0 Å². The van der Waals surface area contributed by atoms with Crippen LogP contribution in [0, 0.1) is 11.8 Å². The minimum atomic E-state index is 0.567. The molecule has 0 aromatic rings. The minimum Gasteiger partial charge on any atom is -0.311 e. The molecule has 0 heterocycles. The first-order chi connectivity index (χ1) is 13.7. The third kappa shape index (κ3) is 17.2. The first-order valence-electron chi connectivity index (χ1n) is 12.2. The molecular weight excluding hydrogens is 358 g/mol. The van der Waals surface area contributed by atoms with Gasteiger partial charge in [0.05, 0.1) is 0 Å². The second-order valence-electron chi connectivity index (χ2n) is 9.89. The molecule has 0 amide bonds. The Morgan fingerprint density at radius 2 is 1.24 bits per heavy atom. The van der Waals surface area contributed by atoms with Gasteiger partial charge in [0.2, 0.25) is 0 Å². The lowest BCUT2D eigenvalue weighted by Gasteiger charge is -2.29. The monoisotopic (exact) mass is 413 g/mol. The molecule has 0 aliphatic carbocycles. The Labute approximate surface area is 184 Å². The normalized spacial score (nSPS) is 13.8. The van der Waals surface area contributed by atoms with Crippen molar-refractivity contribution >= 4 is 0 Å². The summed E-state index contributed by atoms with van der Waals surface area (Å²) in [6.45, 7) is 25.3. The highest BCUT2D eigenvalue weighted by atomic mass is 15.2. The number of hydrogen-bond acceptors (Lipinski definition) is 5. The zero-order valence-electron chi connectivity index (χ0n) is 21.5. The first kappa shape index (κ1) is 28.8. The van der Waals surface area contributed by atoms with E-state index in [1.165, 1.54) is 58.7 Å². The van der Waals surface area contributed by atoms with E-state index in [2.05, 4.69) is 87.6 Å². The van der Waals surface area contributed by atoms with Gasteiger partial charge < -0.3 is 24.9 Å². The quantitative estimate of drug-likeness (QED) is 0.351. The summed E-state index contributed by atoms with van der Waals surface area (Å²) in [6.07, 6.45) is 2.48. The lowest BCUT2D eigenvalue weighted by molar-refractivity contribution is 0.222. The summed E-state index contributed by atoms with van der Waals surface area (Å²) < 4.78 is 0. The van der Waals surface area contributed by atoms with Crippen LogP contribution in [0.3, 0.4) is 0 Å². The van der Waals surface area contributed by atoms with Crippen molar-refractivity contribution in [2.45, 2.75) is 60.4 Å². The van der Waals surface area contributed by atoms with Crippen LogP contribution >= 0.6 is 0 Å². The van der Waals surface area contributed by atoms with Gasteiger partial charge in [0.25, 0.3) is 0 Å². The van der Waals surface area contributed by atoms with Gasteiger partial charge in [-0.05, 0) is 78.5 Å². The van der Waals surface area contributed by atoms with Crippen LogP contribution in [0.15, 0.2) is 0 Å². The van der Waals surface area contributed by atoms with E-state index in [1.54, 1.807) is 0 Å². The Morgan fingerprint density at radius 1 is 0.655 bits per heavy atom. The number of nitrogens with one attached hydrogen (secondary N) is 1. The van der Waals surface area contributed by atoms with Crippen LogP contribution in [0.25, 0.3) is 0 Å². The number of rotatable bonds is 19. The summed E-state index contributed by atoms with van der Waals surface area (Å²) in [4.78, 5) is 9.98. The predicted octanol–water partition coefficient (Wildman–Crippen LogP) is 3.17. The standard InChI is InChI=1S/C24H55N5/c1-10-29(11-2)16-12-15-26(7)18-14-25-24(21-28(9)20-23(5)6)13-17-27(8)19-22(3)4/h22-25H,10-21H2,1-9H3. The van der Waals surface area contributed by atoms with E-state index < -0.39 is 0 Å². The fourth-order valence-corrected chi connectivity index (χ4v) is 4.10. The molecule has 0 bridgehead atoms. The summed E-state index contributed by atoms with van der Waals surface area (Å²) in [6, 6.07) is 0.567. The highest BCUT2D eigenvalue weighted by Crippen LogP contribution is 2.03. The Balaban J connectivity index is 4.32. The van der Waals surface area contributed by atoms with Crippen LogP contribution in [-0.2, 0) is 0 Å². The van der Waals surface area contributed by atoms with E-state index in [4.69, 9.17) is 0 Å². The van der Waals surface area contributed by atoms with Crippen molar-refractivity contribution in [1.29, 1.82) is 0 Å². The highest BCUT2D eigenvalue weighted by Gasteiger charge is 2.14. The summed E-state index contributed by atoms with van der Waals surface area (Å²) in [5.74, 6) is 1.46. The molecule has 1 unspecified atom stereocenters. The summed E-state index contributed by atoms with van der Waals surface area (Å²) in [5.41, 5.74) is 0. The molecule has 1 atom stereocenters. The van der Waals surface area contributed by atoms with E-state index in [1.807, 2.05) is 0 Å². The SMILES string of the molecule is CCN(CC)CCCN(C)CCNC(CCN(C)CC(C)C)CN(C)CC(C)C. The zero-order valence-corrected chi connectivity index (χ0v) is 21.5. The van der Waals surface area contributed by atoms with E-state index in [-0.39, 0.29) is 0 Å². The van der Waals surface area contributed by atoms with Crippen LogP contribution in [0.4, 0.5) is 0 Å².